The number of anilines is 1. The van der Waals surface area contributed by atoms with Crippen LogP contribution in [0.3, 0.4) is 0 Å². The quantitative estimate of drug-likeness (QED) is 0.723. The van der Waals surface area contributed by atoms with Gasteiger partial charge in [0.05, 0.1) is 0 Å². The van der Waals surface area contributed by atoms with Gasteiger partial charge in [0.25, 0.3) is 11.8 Å². The first-order valence-electron chi connectivity index (χ1n) is 8.75. The second-order valence-corrected chi connectivity index (χ2v) is 7.67. The number of carbonyl (C=O) groups is 3. The molecule has 2 aromatic carbocycles. The van der Waals surface area contributed by atoms with Crippen molar-refractivity contribution in [2.24, 2.45) is 0 Å². The van der Waals surface area contributed by atoms with Crippen LogP contribution in [0.15, 0.2) is 48.5 Å². The molecule has 148 valence electrons. The minimum absolute atomic E-state index is 0.00946. The van der Waals surface area contributed by atoms with Gasteiger partial charge in [-0.1, -0.05) is 50.6 Å². The van der Waals surface area contributed by atoms with Crippen LogP contribution in [0.4, 0.5) is 5.69 Å². The lowest BCUT2D eigenvalue weighted by Gasteiger charge is -2.19. The molecule has 0 saturated heterocycles. The molecule has 0 unspecified atom stereocenters. The molecule has 0 spiro atoms. The molecule has 6 nitrogen and oxygen atoms in total. The van der Waals surface area contributed by atoms with E-state index < -0.39 is 18.5 Å². The van der Waals surface area contributed by atoms with Crippen molar-refractivity contribution in [3.63, 3.8) is 0 Å². The summed E-state index contributed by atoms with van der Waals surface area (Å²) in [6.07, 6.45) is 0. The predicted octanol–water partition coefficient (Wildman–Crippen LogP) is 3.55. The lowest BCUT2D eigenvalue weighted by Crippen LogP contribution is -2.32. The Balaban J connectivity index is 1.75. The number of hydrogen-bond acceptors (Lipinski definition) is 4. The van der Waals surface area contributed by atoms with Crippen LogP contribution in [0.25, 0.3) is 0 Å². The standard InChI is InChI=1S/C21H23ClN2O4/c1-21(2,3)15-9-7-14(8-10-15)20(27)23-12-19(26)28-13-18(25)24-17-6-4-5-16(22)11-17/h4-11H,12-13H2,1-3H3,(H,23,27)(H,24,25). The lowest BCUT2D eigenvalue weighted by molar-refractivity contribution is -0.146. The molecule has 0 aliphatic rings. The second-order valence-electron chi connectivity index (χ2n) is 7.23. The fourth-order valence-corrected chi connectivity index (χ4v) is 2.53. The maximum atomic E-state index is 12.1. The monoisotopic (exact) mass is 402 g/mol. The van der Waals surface area contributed by atoms with Gasteiger partial charge in [0.1, 0.15) is 6.54 Å². The summed E-state index contributed by atoms with van der Waals surface area (Å²) in [6.45, 7) is 5.47. The number of amides is 2. The highest BCUT2D eigenvalue weighted by molar-refractivity contribution is 6.30. The Kier molecular flexibility index (Phi) is 7.18. The Morgan fingerprint density at radius 3 is 2.32 bits per heavy atom. The van der Waals surface area contributed by atoms with Crippen LogP contribution in [0.2, 0.25) is 5.02 Å². The van der Waals surface area contributed by atoms with Crippen molar-refractivity contribution in [3.05, 3.63) is 64.7 Å². The number of ether oxygens (including phenoxy) is 1. The number of carbonyl (C=O) groups excluding carboxylic acids is 3. The van der Waals surface area contributed by atoms with E-state index >= 15 is 0 Å². The molecule has 2 rings (SSSR count). The number of hydrogen-bond donors (Lipinski definition) is 2. The van der Waals surface area contributed by atoms with E-state index in [0.717, 1.165) is 5.56 Å². The average molecular weight is 403 g/mol. The van der Waals surface area contributed by atoms with Crippen LogP contribution in [0, 0.1) is 0 Å². The molecule has 2 amide bonds. The van der Waals surface area contributed by atoms with Crippen LogP contribution in [-0.2, 0) is 19.7 Å². The molecule has 28 heavy (non-hydrogen) atoms. The van der Waals surface area contributed by atoms with Crippen LogP contribution in [0.5, 0.6) is 0 Å². The largest absolute Gasteiger partial charge is 0.454 e. The summed E-state index contributed by atoms with van der Waals surface area (Å²) in [5.41, 5.74) is 2.04. The van der Waals surface area contributed by atoms with Gasteiger partial charge in [0.15, 0.2) is 6.61 Å². The number of benzene rings is 2. The molecule has 7 heteroatoms. The molecule has 2 N–H and O–H groups in total. The predicted molar refractivity (Wildman–Crippen MR) is 109 cm³/mol. The summed E-state index contributed by atoms with van der Waals surface area (Å²) in [6, 6.07) is 13.8. The van der Waals surface area contributed by atoms with E-state index in [-0.39, 0.29) is 17.9 Å². The van der Waals surface area contributed by atoms with Crippen molar-refractivity contribution >= 4 is 35.1 Å². The molecule has 0 saturated carbocycles. The van der Waals surface area contributed by atoms with Gasteiger partial charge in [-0.15, -0.1) is 0 Å². The smallest absolute Gasteiger partial charge is 0.325 e. The third kappa shape index (κ3) is 6.70. The summed E-state index contributed by atoms with van der Waals surface area (Å²) in [5, 5.41) is 5.51. The Morgan fingerprint density at radius 1 is 1.04 bits per heavy atom. The Morgan fingerprint density at radius 2 is 1.71 bits per heavy atom. The zero-order valence-corrected chi connectivity index (χ0v) is 16.8. The highest BCUT2D eigenvalue weighted by Gasteiger charge is 2.15. The maximum absolute atomic E-state index is 12.1. The highest BCUT2D eigenvalue weighted by atomic mass is 35.5. The third-order valence-corrected chi connectivity index (χ3v) is 4.11. The summed E-state index contributed by atoms with van der Waals surface area (Å²) in [5.74, 6) is -1.60. The molecule has 0 bridgehead atoms. The number of halogens is 1. The van der Waals surface area contributed by atoms with Gasteiger partial charge in [-0.25, -0.2) is 0 Å². The topological polar surface area (TPSA) is 84.5 Å². The normalized spacial score (nSPS) is 10.9. The number of nitrogens with one attached hydrogen (secondary N) is 2. The first-order valence-corrected chi connectivity index (χ1v) is 9.13. The summed E-state index contributed by atoms with van der Waals surface area (Å²) in [7, 11) is 0. The van der Waals surface area contributed by atoms with Gasteiger partial charge in [0.2, 0.25) is 0 Å². The van der Waals surface area contributed by atoms with Crippen LogP contribution in [-0.4, -0.2) is 30.9 Å². The van der Waals surface area contributed by atoms with Gasteiger partial charge in [-0.2, -0.15) is 0 Å². The highest BCUT2D eigenvalue weighted by Crippen LogP contribution is 2.22. The van der Waals surface area contributed by atoms with E-state index in [1.165, 1.54) is 0 Å². The molecular formula is C21H23ClN2O4. The van der Waals surface area contributed by atoms with E-state index in [4.69, 9.17) is 16.3 Å². The molecule has 0 aliphatic heterocycles. The second kappa shape index (κ2) is 9.37. The van der Waals surface area contributed by atoms with Crippen molar-refractivity contribution in [3.8, 4) is 0 Å². The maximum Gasteiger partial charge on any atom is 0.325 e. The van der Waals surface area contributed by atoms with Crippen LogP contribution in [0.1, 0.15) is 36.7 Å². The number of rotatable bonds is 6. The van der Waals surface area contributed by atoms with Gasteiger partial charge >= 0.3 is 5.97 Å². The van der Waals surface area contributed by atoms with E-state index in [9.17, 15) is 14.4 Å². The van der Waals surface area contributed by atoms with Gasteiger partial charge in [-0.3, -0.25) is 14.4 Å². The Bertz CT molecular complexity index is 857. The summed E-state index contributed by atoms with van der Waals surface area (Å²) >= 11 is 5.83. The first-order chi connectivity index (χ1) is 13.1. The molecule has 0 heterocycles. The van der Waals surface area contributed by atoms with Crippen LogP contribution < -0.4 is 10.6 Å². The molecule has 0 atom stereocenters. The van der Waals surface area contributed by atoms with E-state index in [0.29, 0.717) is 16.3 Å². The zero-order valence-electron chi connectivity index (χ0n) is 16.0. The Hall–Kier alpha value is -2.86. The zero-order chi connectivity index (χ0) is 20.7. The average Bonchev–Trinajstić information content (AvgIpc) is 2.64. The number of esters is 1. The van der Waals surface area contributed by atoms with Crippen molar-refractivity contribution in [1.29, 1.82) is 0 Å². The summed E-state index contributed by atoms with van der Waals surface area (Å²) < 4.78 is 4.86. The molecular weight excluding hydrogens is 380 g/mol. The minimum atomic E-state index is -0.707. The van der Waals surface area contributed by atoms with Gasteiger partial charge in [0, 0.05) is 16.3 Å². The fourth-order valence-electron chi connectivity index (χ4n) is 2.34. The van der Waals surface area contributed by atoms with Crippen molar-refractivity contribution < 1.29 is 19.1 Å². The van der Waals surface area contributed by atoms with Gasteiger partial charge in [-0.05, 0) is 41.3 Å². The van der Waals surface area contributed by atoms with Crippen molar-refractivity contribution in [1.82, 2.24) is 5.32 Å². The summed E-state index contributed by atoms with van der Waals surface area (Å²) in [4.78, 5) is 35.6. The van der Waals surface area contributed by atoms with Crippen LogP contribution >= 0.6 is 11.6 Å². The molecule has 0 fully saturated rings. The molecule has 0 aromatic heterocycles. The van der Waals surface area contributed by atoms with E-state index in [1.54, 1.807) is 36.4 Å². The lowest BCUT2D eigenvalue weighted by atomic mass is 9.87. The Labute approximate surface area is 169 Å². The van der Waals surface area contributed by atoms with Crippen molar-refractivity contribution in [2.45, 2.75) is 26.2 Å². The van der Waals surface area contributed by atoms with Gasteiger partial charge < -0.3 is 15.4 Å². The van der Waals surface area contributed by atoms with Crippen molar-refractivity contribution in [2.75, 3.05) is 18.5 Å². The molecule has 2 aromatic rings. The fraction of sp³-hybridized carbons (Fsp3) is 0.286. The SMILES string of the molecule is CC(C)(C)c1ccc(C(=O)NCC(=O)OCC(=O)Nc2cccc(Cl)c2)cc1. The van der Waals surface area contributed by atoms with E-state index in [1.807, 2.05) is 12.1 Å². The molecule has 0 radical (unpaired) electrons. The minimum Gasteiger partial charge on any atom is -0.454 e. The first kappa shape index (κ1) is 21.4. The third-order valence-electron chi connectivity index (χ3n) is 3.88. The molecule has 0 aliphatic carbocycles. The van der Waals surface area contributed by atoms with E-state index in [2.05, 4.69) is 31.4 Å².